The van der Waals surface area contributed by atoms with Gasteiger partial charge in [-0.05, 0) is 74.8 Å². The number of aryl methyl sites for hydroxylation is 1. The quantitative estimate of drug-likeness (QED) is 0.252. The minimum atomic E-state index is -3.62. The van der Waals surface area contributed by atoms with Gasteiger partial charge >= 0.3 is 0 Å². The number of fused-ring (bicyclic) bond motifs is 1. The summed E-state index contributed by atoms with van der Waals surface area (Å²) in [6.45, 7) is 13.9. The normalized spacial score (nSPS) is 12.1. The van der Waals surface area contributed by atoms with E-state index in [-0.39, 0.29) is 10.8 Å². The first-order valence-corrected chi connectivity index (χ1v) is 15.5. The Labute approximate surface area is 230 Å². The van der Waals surface area contributed by atoms with Crippen LogP contribution in [0.1, 0.15) is 56.5 Å². The molecule has 0 radical (unpaired) electrons. The third-order valence-corrected chi connectivity index (χ3v) is 9.49. The molecule has 3 rings (SSSR count). The van der Waals surface area contributed by atoms with E-state index >= 15 is 0 Å². The molecule has 0 bridgehead atoms. The van der Waals surface area contributed by atoms with Gasteiger partial charge in [-0.25, -0.2) is 13.4 Å². The summed E-state index contributed by atoms with van der Waals surface area (Å²) in [4.78, 5) is 22.7. The largest absolute Gasteiger partial charge is 0.302 e. The van der Waals surface area contributed by atoms with Crippen LogP contribution in [0.3, 0.4) is 0 Å². The summed E-state index contributed by atoms with van der Waals surface area (Å²) in [5.74, 6) is -0.210. The summed E-state index contributed by atoms with van der Waals surface area (Å²) < 4.78 is 28.7. The van der Waals surface area contributed by atoms with Crippen LogP contribution >= 0.6 is 22.9 Å². The van der Waals surface area contributed by atoms with Crippen molar-refractivity contribution in [2.75, 3.05) is 44.2 Å². The highest BCUT2D eigenvalue weighted by Gasteiger charge is 2.26. The first-order valence-electron chi connectivity index (χ1n) is 12.9. The van der Waals surface area contributed by atoms with Crippen LogP contribution in [0.15, 0.2) is 41.3 Å². The number of hydrogen-bond acceptors (Lipinski definition) is 6. The van der Waals surface area contributed by atoms with Crippen molar-refractivity contribution in [2.45, 2.75) is 52.4 Å². The van der Waals surface area contributed by atoms with Crippen LogP contribution in [0.25, 0.3) is 10.2 Å². The van der Waals surface area contributed by atoms with Crippen LogP contribution in [-0.4, -0.2) is 67.8 Å². The van der Waals surface area contributed by atoms with Crippen molar-refractivity contribution < 1.29 is 13.2 Å². The molecule has 0 aliphatic carbocycles. The number of anilines is 1. The average molecular weight is 565 g/mol. The van der Waals surface area contributed by atoms with Crippen molar-refractivity contribution in [1.29, 1.82) is 0 Å². The number of nitrogens with zero attached hydrogens (tertiary/aromatic N) is 4. The van der Waals surface area contributed by atoms with E-state index in [1.54, 1.807) is 17.0 Å². The number of likely N-dealkylation sites (N-methyl/N-ethyl adjacent to an activating group) is 1. The number of thiazole rings is 1. The van der Waals surface area contributed by atoms with Gasteiger partial charge in [0.15, 0.2) is 5.13 Å². The van der Waals surface area contributed by atoms with Gasteiger partial charge in [-0.2, -0.15) is 4.31 Å². The third-order valence-electron chi connectivity index (χ3n) is 6.33. The summed E-state index contributed by atoms with van der Waals surface area (Å²) in [5, 5.41) is 1.24. The standard InChI is InChI=1S/C27H37ClN4O3S2/c1-6-14-31(15-7-2)37(34,35)23-12-10-21(11-13-23)26(33)32(17-16-30(8-3)9-4)27-29-25-20(5)18-22(28)19-24(25)36-27/h10-13,18-19H,6-9,14-17H2,1-5H3. The lowest BCUT2D eigenvalue weighted by Gasteiger charge is -2.25. The van der Waals surface area contributed by atoms with Gasteiger partial charge < -0.3 is 4.90 Å². The van der Waals surface area contributed by atoms with Crippen molar-refractivity contribution in [3.05, 3.63) is 52.5 Å². The first kappa shape index (κ1) is 29.5. The molecule has 0 fully saturated rings. The minimum Gasteiger partial charge on any atom is -0.302 e. The second kappa shape index (κ2) is 13.2. The molecule has 1 aromatic heterocycles. The van der Waals surface area contributed by atoms with Crippen LogP contribution in [0, 0.1) is 6.92 Å². The smallest absolute Gasteiger partial charge is 0.260 e. The lowest BCUT2D eigenvalue weighted by atomic mass is 10.2. The van der Waals surface area contributed by atoms with E-state index in [1.807, 2.05) is 32.9 Å². The molecule has 0 aliphatic heterocycles. The fourth-order valence-electron chi connectivity index (χ4n) is 4.25. The number of benzene rings is 2. The molecule has 0 saturated heterocycles. The lowest BCUT2D eigenvalue weighted by molar-refractivity contribution is 0.0983. The molecular weight excluding hydrogens is 528 g/mol. The molecule has 3 aromatic rings. The number of aromatic nitrogens is 1. The Morgan fingerprint density at radius 3 is 2.14 bits per heavy atom. The van der Waals surface area contributed by atoms with Crippen molar-refractivity contribution in [1.82, 2.24) is 14.2 Å². The Balaban J connectivity index is 1.95. The number of sulfonamides is 1. The Bertz CT molecular complexity index is 1300. The SMILES string of the molecule is CCCN(CCC)S(=O)(=O)c1ccc(C(=O)N(CCN(CC)CC)c2nc3c(C)cc(Cl)cc3s2)cc1. The number of carbonyl (C=O) groups is 1. The van der Waals surface area contributed by atoms with E-state index in [1.165, 1.54) is 27.8 Å². The van der Waals surface area contributed by atoms with E-state index in [4.69, 9.17) is 16.6 Å². The molecule has 0 atom stereocenters. The second-order valence-electron chi connectivity index (χ2n) is 8.98. The molecule has 1 amide bonds. The van der Waals surface area contributed by atoms with Gasteiger partial charge in [0.1, 0.15) is 0 Å². The van der Waals surface area contributed by atoms with E-state index in [2.05, 4.69) is 18.7 Å². The molecular formula is C27H37ClN4O3S2. The maximum absolute atomic E-state index is 13.8. The van der Waals surface area contributed by atoms with Crippen molar-refractivity contribution in [3.8, 4) is 0 Å². The number of halogens is 1. The van der Waals surface area contributed by atoms with Crippen molar-refractivity contribution in [3.63, 3.8) is 0 Å². The van der Waals surface area contributed by atoms with Crippen molar-refractivity contribution in [2.24, 2.45) is 0 Å². The minimum absolute atomic E-state index is 0.200. The van der Waals surface area contributed by atoms with Crippen LogP contribution in [0.5, 0.6) is 0 Å². The van der Waals surface area contributed by atoms with E-state index < -0.39 is 10.0 Å². The predicted octanol–water partition coefficient (Wildman–Crippen LogP) is 6.06. The fraction of sp³-hybridized carbons (Fsp3) is 0.481. The summed E-state index contributed by atoms with van der Waals surface area (Å²) in [6, 6.07) is 10.0. The zero-order valence-corrected chi connectivity index (χ0v) is 24.7. The molecule has 202 valence electrons. The van der Waals surface area contributed by atoms with Gasteiger partial charge in [0.05, 0.1) is 15.1 Å². The lowest BCUT2D eigenvalue weighted by Crippen LogP contribution is -2.39. The summed E-state index contributed by atoms with van der Waals surface area (Å²) in [7, 11) is -3.62. The molecule has 0 aliphatic rings. The van der Waals surface area contributed by atoms with E-state index in [9.17, 15) is 13.2 Å². The highest BCUT2D eigenvalue weighted by molar-refractivity contribution is 7.89. The molecule has 0 spiro atoms. The molecule has 0 saturated carbocycles. The van der Waals surface area contributed by atoms with Crippen LogP contribution in [0.4, 0.5) is 5.13 Å². The summed E-state index contributed by atoms with van der Waals surface area (Å²) in [6.07, 6.45) is 1.48. The molecule has 37 heavy (non-hydrogen) atoms. The highest BCUT2D eigenvalue weighted by atomic mass is 35.5. The van der Waals surface area contributed by atoms with Crippen LogP contribution < -0.4 is 4.90 Å². The van der Waals surface area contributed by atoms with Crippen LogP contribution in [0.2, 0.25) is 5.02 Å². The third kappa shape index (κ3) is 6.89. The Kier molecular flexibility index (Phi) is 10.5. The summed E-state index contributed by atoms with van der Waals surface area (Å²) >= 11 is 7.70. The fourth-order valence-corrected chi connectivity index (χ4v) is 7.32. The molecule has 1 heterocycles. The predicted molar refractivity (Wildman–Crippen MR) is 155 cm³/mol. The van der Waals surface area contributed by atoms with E-state index in [0.29, 0.717) is 41.9 Å². The van der Waals surface area contributed by atoms with Gasteiger partial charge in [-0.1, -0.05) is 50.6 Å². The Hall–Kier alpha value is -2.04. The second-order valence-corrected chi connectivity index (χ2v) is 12.4. The van der Waals surface area contributed by atoms with E-state index in [0.717, 1.165) is 41.7 Å². The van der Waals surface area contributed by atoms with Gasteiger partial charge in [-0.3, -0.25) is 9.69 Å². The number of rotatable bonds is 13. The van der Waals surface area contributed by atoms with Gasteiger partial charge in [-0.15, -0.1) is 0 Å². The number of hydrogen-bond donors (Lipinski definition) is 0. The topological polar surface area (TPSA) is 73.8 Å². The Morgan fingerprint density at radius 2 is 1.57 bits per heavy atom. The van der Waals surface area contributed by atoms with Gasteiger partial charge in [0.25, 0.3) is 5.91 Å². The molecule has 10 heteroatoms. The van der Waals surface area contributed by atoms with Gasteiger partial charge in [0.2, 0.25) is 10.0 Å². The maximum Gasteiger partial charge on any atom is 0.260 e. The number of carbonyl (C=O) groups excluding carboxylic acids is 1. The van der Waals surface area contributed by atoms with Crippen molar-refractivity contribution >= 4 is 54.2 Å². The van der Waals surface area contributed by atoms with Gasteiger partial charge in [0, 0.05) is 36.8 Å². The number of amides is 1. The zero-order valence-electron chi connectivity index (χ0n) is 22.3. The van der Waals surface area contributed by atoms with Crippen LogP contribution in [-0.2, 0) is 10.0 Å². The molecule has 7 nitrogen and oxygen atoms in total. The first-order chi connectivity index (χ1) is 17.7. The monoisotopic (exact) mass is 564 g/mol. The average Bonchev–Trinajstić information content (AvgIpc) is 3.30. The molecule has 0 unspecified atom stereocenters. The zero-order chi connectivity index (χ0) is 27.2. The Morgan fingerprint density at radius 1 is 0.946 bits per heavy atom. The maximum atomic E-state index is 13.8. The highest BCUT2D eigenvalue weighted by Crippen LogP contribution is 2.33. The molecule has 2 aromatic carbocycles. The molecule has 0 N–H and O–H groups in total. The summed E-state index contributed by atoms with van der Waals surface area (Å²) in [5.41, 5.74) is 2.21.